The highest BCUT2D eigenvalue weighted by atomic mass is 14.9. The normalized spacial score (nSPS) is 18.1. The number of hydrogen-bond donors (Lipinski definition) is 1. The number of fused-ring (bicyclic) bond motifs is 1. The maximum atomic E-state index is 3.45. The molecular formula is C18H21N. The van der Waals surface area contributed by atoms with Crippen molar-refractivity contribution in [1.29, 1.82) is 0 Å². The molecule has 0 fully saturated rings. The van der Waals surface area contributed by atoms with Crippen LogP contribution in [0.3, 0.4) is 0 Å². The van der Waals surface area contributed by atoms with E-state index in [9.17, 15) is 0 Å². The van der Waals surface area contributed by atoms with E-state index in [0.29, 0.717) is 6.04 Å². The minimum Gasteiger partial charge on any atom is -0.313 e. The zero-order chi connectivity index (χ0) is 13.2. The van der Waals surface area contributed by atoms with Crippen molar-refractivity contribution >= 4 is 0 Å². The fourth-order valence-electron chi connectivity index (χ4n) is 3.16. The van der Waals surface area contributed by atoms with E-state index >= 15 is 0 Å². The lowest BCUT2D eigenvalue weighted by Crippen LogP contribution is -2.21. The lowest BCUT2D eigenvalue weighted by atomic mass is 9.85. The molecule has 1 N–H and O–H groups in total. The van der Waals surface area contributed by atoms with Crippen molar-refractivity contribution in [2.24, 2.45) is 0 Å². The van der Waals surface area contributed by atoms with Crippen LogP contribution >= 0.6 is 0 Å². The van der Waals surface area contributed by atoms with Crippen LogP contribution in [0.25, 0.3) is 11.1 Å². The molecule has 0 spiro atoms. The third-order valence-corrected chi connectivity index (χ3v) is 4.26. The summed E-state index contributed by atoms with van der Waals surface area (Å²) in [6.45, 7) is 2.18. The first-order valence-electron chi connectivity index (χ1n) is 7.15. The van der Waals surface area contributed by atoms with Gasteiger partial charge < -0.3 is 5.32 Å². The van der Waals surface area contributed by atoms with E-state index in [0.717, 1.165) is 0 Å². The fourth-order valence-corrected chi connectivity index (χ4v) is 3.16. The predicted molar refractivity (Wildman–Crippen MR) is 81.4 cm³/mol. The van der Waals surface area contributed by atoms with E-state index in [2.05, 4.69) is 61.8 Å². The molecule has 0 heterocycles. The molecule has 1 atom stereocenters. The minimum absolute atomic E-state index is 0.521. The molecule has 0 radical (unpaired) electrons. The molecule has 0 amide bonds. The molecule has 0 bridgehead atoms. The maximum Gasteiger partial charge on any atom is 0.0320 e. The highest BCUT2D eigenvalue weighted by molar-refractivity contribution is 5.68. The molecule has 1 aliphatic rings. The van der Waals surface area contributed by atoms with Crippen LogP contribution in [0.15, 0.2) is 42.5 Å². The lowest BCUT2D eigenvalue weighted by Gasteiger charge is -2.26. The van der Waals surface area contributed by atoms with Crippen LogP contribution in [0.5, 0.6) is 0 Å². The molecule has 1 nitrogen and oxygen atoms in total. The van der Waals surface area contributed by atoms with Gasteiger partial charge in [-0.15, -0.1) is 0 Å². The van der Waals surface area contributed by atoms with Crippen LogP contribution in [-0.4, -0.2) is 7.05 Å². The largest absolute Gasteiger partial charge is 0.313 e. The topological polar surface area (TPSA) is 12.0 Å². The third-order valence-electron chi connectivity index (χ3n) is 4.26. The van der Waals surface area contributed by atoms with E-state index in [1.54, 1.807) is 0 Å². The van der Waals surface area contributed by atoms with Crippen LogP contribution < -0.4 is 5.32 Å². The molecule has 1 unspecified atom stereocenters. The van der Waals surface area contributed by atoms with Crippen LogP contribution in [-0.2, 0) is 6.42 Å². The van der Waals surface area contributed by atoms with Gasteiger partial charge in [-0.25, -0.2) is 0 Å². The van der Waals surface area contributed by atoms with Gasteiger partial charge in [-0.2, -0.15) is 0 Å². The molecule has 2 aromatic carbocycles. The fraction of sp³-hybridized carbons (Fsp3) is 0.333. The number of hydrogen-bond acceptors (Lipinski definition) is 1. The molecule has 1 aliphatic carbocycles. The zero-order valence-corrected chi connectivity index (χ0v) is 11.7. The highest BCUT2D eigenvalue weighted by Crippen LogP contribution is 2.33. The summed E-state index contributed by atoms with van der Waals surface area (Å²) in [7, 11) is 2.07. The van der Waals surface area contributed by atoms with Gasteiger partial charge in [-0.1, -0.05) is 36.4 Å². The van der Waals surface area contributed by atoms with Gasteiger partial charge in [0.05, 0.1) is 0 Å². The number of nitrogens with one attached hydrogen (secondary N) is 1. The van der Waals surface area contributed by atoms with Crippen LogP contribution in [0.2, 0.25) is 0 Å². The second-order valence-electron chi connectivity index (χ2n) is 5.46. The zero-order valence-electron chi connectivity index (χ0n) is 11.7. The first-order valence-corrected chi connectivity index (χ1v) is 7.15. The summed E-state index contributed by atoms with van der Waals surface area (Å²) in [5.41, 5.74) is 7.06. The Balaban J connectivity index is 2.08. The second kappa shape index (κ2) is 5.18. The van der Waals surface area contributed by atoms with E-state index < -0.39 is 0 Å². The molecule has 3 rings (SSSR count). The first-order chi connectivity index (χ1) is 9.29. The Labute approximate surface area is 115 Å². The van der Waals surface area contributed by atoms with E-state index in [1.165, 1.54) is 47.1 Å². The van der Waals surface area contributed by atoms with Crippen LogP contribution in [0.4, 0.5) is 0 Å². The smallest absolute Gasteiger partial charge is 0.0320 e. The van der Waals surface area contributed by atoms with Gasteiger partial charge in [0, 0.05) is 6.04 Å². The first kappa shape index (κ1) is 12.4. The number of aryl methyl sites for hydroxylation is 2. The summed E-state index contributed by atoms with van der Waals surface area (Å²) in [5, 5.41) is 3.45. The van der Waals surface area contributed by atoms with Crippen molar-refractivity contribution in [1.82, 2.24) is 5.32 Å². The van der Waals surface area contributed by atoms with Gasteiger partial charge in [0.25, 0.3) is 0 Å². The molecule has 2 aromatic rings. The average molecular weight is 251 g/mol. The standard InChI is InChI=1S/C18H21N/c1-13-6-3-4-8-16(13)15-11-10-14-7-5-9-18(19-2)17(14)12-15/h3-4,6,8,10-12,18-19H,5,7,9H2,1-2H3. The van der Waals surface area contributed by atoms with Gasteiger partial charge >= 0.3 is 0 Å². The monoisotopic (exact) mass is 251 g/mol. The van der Waals surface area contributed by atoms with E-state index in [1.807, 2.05) is 0 Å². The SMILES string of the molecule is CNC1CCCc2ccc(-c3ccccc3C)cc21. The van der Waals surface area contributed by atoms with E-state index in [-0.39, 0.29) is 0 Å². The molecule has 0 saturated heterocycles. The van der Waals surface area contributed by atoms with Crippen LogP contribution in [0.1, 0.15) is 35.6 Å². The number of benzene rings is 2. The summed E-state index contributed by atoms with van der Waals surface area (Å²) >= 11 is 0. The summed E-state index contributed by atoms with van der Waals surface area (Å²) in [4.78, 5) is 0. The predicted octanol–water partition coefficient (Wildman–Crippen LogP) is 4.26. The summed E-state index contributed by atoms with van der Waals surface area (Å²) in [6.07, 6.45) is 3.77. The Kier molecular flexibility index (Phi) is 3.39. The Morgan fingerprint density at radius 3 is 2.74 bits per heavy atom. The van der Waals surface area contributed by atoms with Crippen molar-refractivity contribution < 1.29 is 0 Å². The average Bonchev–Trinajstić information content (AvgIpc) is 2.46. The Morgan fingerprint density at radius 2 is 1.95 bits per heavy atom. The molecular weight excluding hydrogens is 230 g/mol. The van der Waals surface area contributed by atoms with Gasteiger partial charge in [0.1, 0.15) is 0 Å². The molecule has 0 aliphatic heterocycles. The second-order valence-corrected chi connectivity index (χ2v) is 5.46. The highest BCUT2D eigenvalue weighted by Gasteiger charge is 2.19. The van der Waals surface area contributed by atoms with Crippen molar-refractivity contribution in [2.45, 2.75) is 32.2 Å². The van der Waals surface area contributed by atoms with Gasteiger partial charge in [0.2, 0.25) is 0 Å². The van der Waals surface area contributed by atoms with Crippen LogP contribution in [0, 0.1) is 6.92 Å². The van der Waals surface area contributed by atoms with Crippen molar-refractivity contribution in [3.05, 3.63) is 59.2 Å². The Bertz CT molecular complexity index is 586. The lowest BCUT2D eigenvalue weighted by molar-refractivity contribution is 0.497. The maximum absolute atomic E-state index is 3.45. The Hall–Kier alpha value is -1.60. The molecule has 1 heteroatoms. The van der Waals surface area contributed by atoms with Gasteiger partial charge in [0.15, 0.2) is 0 Å². The Morgan fingerprint density at radius 1 is 1.11 bits per heavy atom. The molecule has 98 valence electrons. The summed E-state index contributed by atoms with van der Waals surface area (Å²) in [5.74, 6) is 0. The third kappa shape index (κ3) is 2.31. The van der Waals surface area contributed by atoms with Gasteiger partial charge in [-0.3, -0.25) is 0 Å². The van der Waals surface area contributed by atoms with Gasteiger partial charge in [-0.05, 0) is 67.1 Å². The van der Waals surface area contributed by atoms with E-state index in [4.69, 9.17) is 0 Å². The van der Waals surface area contributed by atoms with Crippen molar-refractivity contribution in [3.8, 4) is 11.1 Å². The van der Waals surface area contributed by atoms with Crippen molar-refractivity contribution in [2.75, 3.05) is 7.05 Å². The molecule has 19 heavy (non-hydrogen) atoms. The number of rotatable bonds is 2. The molecule has 0 saturated carbocycles. The quantitative estimate of drug-likeness (QED) is 0.841. The van der Waals surface area contributed by atoms with Crippen molar-refractivity contribution in [3.63, 3.8) is 0 Å². The summed E-state index contributed by atoms with van der Waals surface area (Å²) in [6, 6.07) is 16.1. The minimum atomic E-state index is 0.521. The summed E-state index contributed by atoms with van der Waals surface area (Å²) < 4.78 is 0. The molecule has 0 aromatic heterocycles.